The first kappa shape index (κ1) is 19.6. The number of fused-ring (bicyclic) bond motifs is 1. The fourth-order valence-corrected chi connectivity index (χ4v) is 4.41. The topological polar surface area (TPSA) is 99.2 Å². The number of primary amides is 1. The number of benzene rings is 1. The van der Waals surface area contributed by atoms with E-state index in [1.807, 2.05) is 23.7 Å². The summed E-state index contributed by atoms with van der Waals surface area (Å²) in [6.07, 6.45) is 3.49. The number of Topliss-reactive ketones (excluding diaryl/α,β-unsaturated/α-hetero) is 1. The Morgan fingerprint density at radius 1 is 1.38 bits per heavy atom. The van der Waals surface area contributed by atoms with Gasteiger partial charge in [0, 0.05) is 25.3 Å². The van der Waals surface area contributed by atoms with Gasteiger partial charge in [-0.25, -0.2) is 4.68 Å². The largest absolute Gasteiger partial charge is 0.382 e. The molecule has 1 aromatic heterocycles. The predicted molar refractivity (Wildman–Crippen MR) is 111 cm³/mol. The molecule has 1 aromatic carbocycles. The standard InChI is InChI=1S/C22H28N4O3/c1-13-20-18(10-22(2,3)11-19(20)27)26(25-13)14-6-7-16(21(23)28)17(9-14)24-12-15-5-4-8-29-15/h6-7,9,15,24H,4-5,8,10-12H2,1-3H3,(H2,23,28)/t15-/m0/s1. The van der Waals surface area contributed by atoms with E-state index in [-0.39, 0.29) is 17.3 Å². The molecular formula is C22H28N4O3. The molecular weight excluding hydrogens is 368 g/mol. The fourth-order valence-electron chi connectivity index (χ4n) is 4.41. The van der Waals surface area contributed by atoms with Gasteiger partial charge in [0.25, 0.3) is 5.91 Å². The molecule has 2 aliphatic rings. The van der Waals surface area contributed by atoms with Crippen molar-refractivity contribution in [2.24, 2.45) is 11.1 Å². The van der Waals surface area contributed by atoms with Crippen molar-refractivity contribution in [3.63, 3.8) is 0 Å². The van der Waals surface area contributed by atoms with Crippen LogP contribution < -0.4 is 11.1 Å². The van der Waals surface area contributed by atoms with Gasteiger partial charge in [-0.05, 0) is 49.8 Å². The van der Waals surface area contributed by atoms with E-state index in [2.05, 4.69) is 24.3 Å². The summed E-state index contributed by atoms with van der Waals surface area (Å²) in [6, 6.07) is 5.43. The molecule has 0 unspecified atom stereocenters. The van der Waals surface area contributed by atoms with Gasteiger partial charge in [-0.3, -0.25) is 9.59 Å². The highest BCUT2D eigenvalue weighted by atomic mass is 16.5. The van der Waals surface area contributed by atoms with Gasteiger partial charge in [-0.1, -0.05) is 13.8 Å². The maximum absolute atomic E-state index is 12.7. The molecule has 1 aliphatic heterocycles. The fraction of sp³-hybridized carbons (Fsp3) is 0.500. The lowest BCUT2D eigenvalue weighted by Gasteiger charge is -2.29. The number of aryl methyl sites for hydroxylation is 1. The Balaban J connectivity index is 1.72. The molecule has 0 saturated carbocycles. The van der Waals surface area contributed by atoms with Crippen LogP contribution in [-0.2, 0) is 11.2 Å². The van der Waals surface area contributed by atoms with Crippen LogP contribution >= 0.6 is 0 Å². The van der Waals surface area contributed by atoms with Gasteiger partial charge in [0.1, 0.15) is 0 Å². The van der Waals surface area contributed by atoms with E-state index >= 15 is 0 Å². The van der Waals surface area contributed by atoms with Gasteiger partial charge in [-0.2, -0.15) is 5.10 Å². The molecule has 1 atom stereocenters. The van der Waals surface area contributed by atoms with Crippen molar-refractivity contribution in [3.05, 3.63) is 40.7 Å². The number of carbonyl (C=O) groups excluding carboxylic acids is 2. The molecule has 0 bridgehead atoms. The number of hydrogen-bond acceptors (Lipinski definition) is 5. The number of ketones is 1. The van der Waals surface area contributed by atoms with Gasteiger partial charge in [0.15, 0.2) is 5.78 Å². The van der Waals surface area contributed by atoms with E-state index in [0.29, 0.717) is 24.2 Å². The van der Waals surface area contributed by atoms with Gasteiger partial charge in [0.05, 0.1) is 34.3 Å². The number of nitrogens with one attached hydrogen (secondary N) is 1. The van der Waals surface area contributed by atoms with E-state index in [9.17, 15) is 9.59 Å². The number of aromatic nitrogens is 2. The number of ether oxygens (including phenoxy) is 1. The monoisotopic (exact) mass is 396 g/mol. The third-order valence-corrected chi connectivity index (χ3v) is 5.78. The molecule has 29 heavy (non-hydrogen) atoms. The summed E-state index contributed by atoms with van der Waals surface area (Å²) < 4.78 is 7.51. The Bertz CT molecular complexity index is 971. The summed E-state index contributed by atoms with van der Waals surface area (Å²) >= 11 is 0. The average Bonchev–Trinajstić information content (AvgIpc) is 3.26. The molecule has 7 nitrogen and oxygen atoms in total. The molecule has 4 rings (SSSR count). The van der Waals surface area contributed by atoms with E-state index in [0.717, 1.165) is 48.5 Å². The lowest BCUT2D eigenvalue weighted by atomic mass is 9.75. The van der Waals surface area contributed by atoms with Crippen molar-refractivity contribution in [3.8, 4) is 5.69 Å². The second-order valence-electron chi connectivity index (χ2n) is 8.87. The van der Waals surface area contributed by atoms with Crippen LogP contribution in [0, 0.1) is 12.3 Å². The zero-order valence-corrected chi connectivity index (χ0v) is 17.2. The molecule has 1 saturated heterocycles. The molecule has 154 valence electrons. The normalized spacial score (nSPS) is 20.5. The van der Waals surface area contributed by atoms with Crippen LogP contribution in [-0.4, -0.2) is 40.7 Å². The number of rotatable bonds is 5. The molecule has 0 spiro atoms. The highest BCUT2D eigenvalue weighted by Gasteiger charge is 2.35. The molecule has 2 aromatic rings. The molecule has 1 amide bonds. The highest BCUT2D eigenvalue weighted by Crippen LogP contribution is 2.37. The van der Waals surface area contributed by atoms with Crippen molar-refractivity contribution in [2.75, 3.05) is 18.5 Å². The molecule has 1 aliphatic carbocycles. The van der Waals surface area contributed by atoms with Crippen LogP contribution in [0.5, 0.6) is 0 Å². The minimum Gasteiger partial charge on any atom is -0.382 e. The van der Waals surface area contributed by atoms with Crippen LogP contribution in [0.25, 0.3) is 5.69 Å². The van der Waals surface area contributed by atoms with E-state index < -0.39 is 5.91 Å². The lowest BCUT2D eigenvalue weighted by Crippen LogP contribution is -2.28. The molecule has 7 heteroatoms. The van der Waals surface area contributed by atoms with Crippen LogP contribution in [0.2, 0.25) is 0 Å². The van der Waals surface area contributed by atoms with Crippen molar-refractivity contribution in [1.29, 1.82) is 0 Å². The van der Waals surface area contributed by atoms with Crippen LogP contribution in [0.3, 0.4) is 0 Å². The number of nitrogens with two attached hydrogens (primary N) is 1. The van der Waals surface area contributed by atoms with Crippen LogP contribution in [0.1, 0.15) is 65.2 Å². The van der Waals surface area contributed by atoms with E-state index in [1.165, 1.54) is 0 Å². The number of nitrogens with zero attached hydrogens (tertiary/aromatic N) is 2. The minimum atomic E-state index is -0.485. The Labute approximate surface area is 170 Å². The summed E-state index contributed by atoms with van der Waals surface area (Å²) in [5, 5.41) is 7.98. The maximum Gasteiger partial charge on any atom is 0.250 e. The Kier molecular flexibility index (Phi) is 4.94. The maximum atomic E-state index is 12.7. The van der Waals surface area contributed by atoms with Crippen molar-refractivity contribution < 1.29 is 14.3 Å². The van der Waals surface area contributed by atoms with E-state index in [1.54, 1.807) is 6.07 Å². The van der Waals surface area contributed by atoms with E-state index in [4.69, 9.17) is 10.5 Å². The summed E-state index contributed by atoms with van der Waals surface area (Å²) in [6.45, 7) is 7.47. The first-order chi connectivity index (χ1) is 13.7. The quantitative estimate of drug-likeness (QED) is 0.809. The number of hydrogen-bond donors (Lipinski definition) is 2. The highest BCUT2D eigenvalue weighted by molar-refractivity contribution is 6.00. The molecule has 2 heterocycles. The third kappa shape index (κ3) is 3.79. The Morgan fingerprint density at radius 3 is 2.86 bits per heavy atom. The smallest absolute Gasteiger partial charge is 0.250 e. The SMILES string of the molecule is Cc1nn(-c2ccc(C(N)=O)c(NC[C@@H]3CCCO3)c2)c2c1C(=O)CC(C)(C)C2. The molecule has 1 fully saturated rings. The summed E-state index contributed by atoms with van der Waals surface area (Å²) in [4.78, 5) is 24.6. The van der Waals surface area contributed by atoms with Crippen LogP contribution in [0.15, 0.2) is 18.2 Å². The number of anilines is 1. The van der Waals surface area contributed by atoms with Crippen molar-refractivity contribution in [2.45, 2.75) is 52.6 Å². The van der Waals surface area contributed by atoms with Gasteiger partial charge in [0.2, 0.25) is 0 Å². The third-order valence-electron chi connectivity index (χ3n) is 5.78. The second kappa shape index (κ2) is 7.30. The van der Waals surface area contributed by atoms with Gasteiger partial charge >= 0.3 is 0 Å². The first-order valence-electron chi connectivity index (χ1n) is 10.2. The van der Waals surface area contributed by atoms with Crippen molar-refractivity contribution in [1.82, 2.24) is 9.78 Å². The lowest BCUT2D eigenvalue weighted by molar-refractivity contribution is 0.0909. The molecule has 3 N–H and O–H groups in total. The Morgan fingerprint density at radius 2 is 2.17 bits per heavy atom. The average molecular weight is 396 g/mol. The number of carbonyl (C=O) groups is 2. The predicted octanol–water partition coefficient (Wildman–Crippen LogP) is 3.03. The first-order valence-corrected chi connectivity index (χ1v) is 10.2. The van der Waals surface area contributed by atoms with Crippen LogP contribution in [0.4, 0.5) is 5.69 Å². The summed E-state index contributed by atoms with van der Waals surface area (Å²) in [7, 11) is 0. The Hall–Kier alpha value is -2.67. The van der Waals surface area contributed by atoms with Crippen molar-refractivity contribution >= 4 is 17.4 Å². The summed E-state index contributed by atoms with van der Waals surface area (Å²) in [5.41, 5.74) is 9.78. The minimum absolute atomic E-state index is 0.109. The second-order valence-corrected chi connectivity index (χ2v) is 8.87. The van der Waals surface area contributed by atoms with Gasteiger partial charge < -0.3 is 15.8 Å². The zero-order chi connectivity index (χ0) is 20.8. The number of amides is 1. The summed E-state index contributed by atoms with van der Waals surface area (Å²) in [5.74, 6) is -0.341. The zero-order valence-electron chi connectivity index (χ0n) is 17.2. The van der Waals surface area contributed by atoms with Gasteiger partial charge in [-0.15, -0.1) is 0 Å². The molecule has 0 radical (unpaired) electrons.